The van der Waals surface area contributed by atoms with Gasteiger partial charge in [-0.2, -0.15) is 9.97 Å². The first-order valence-corrected chi connectivity index (χ1v) is 13.3. The molecule has 0 bridgehead atoms. The molecule has 1 fully saturated rings. The van der Waals surface area contributed by atoms with Gasteiger partial charge in [-0.3, -0.25) is 4.57 Å². The van der Waals surface area contributed by atoms with E-state index in [1.54, 1.807) is 23.3 Å². The van der Waals surface area contributed by atoms with Crippen LogP contribution in [0.25, 0.3) is 11.2 Å². The highest BCUT2D eigenvalue weighted by molar-refractivity contribution is 5.84. The molecule has 4 aromatic heterocycles. The van der Waals surface area contributed by atoms with Gasteiger partial charge >= 0.3 is 0 Å². The van der Waals surface area contributed by atoms with Crippen molar-refractivity contribution in [3.63, 3.8) is 0 Å². The van der Waals surface area contributed by atoms with Crippen molar-refractivity contribution in [3.05, 3.63) is 42.1 Å². The number of nitrogens with one attached hydrogen (secondary N) is 2. The molecular formula is C26H37N9O4. The predicted molar refractivity (Wildman–Crippen MR) is 144 cm³/mol. The Bertz CT molecular complexity index is 1410. The van der Waals surface area contributed by atoms with Gasteiger partial charge in [-0.15, -0.1) is 0 Å². The van der Waals surface area contributed by atoms with Gasteiger partial charge in [-0.1, -0.05) is 32.9 Å². The molecule has 5 heterocycles. The van der Waals surface area contributed by atoms with Crippen molar-refractivity contribution < 1.29 is 19.5 Å². The van der Waals surface area contributed by atoms with E-state index in [2.05, 4.69) is 46.5 Å². The predicted octanol–water partition coefficient (Wildman–Crippen LogP) is 2.60. The molecule has 4 atom stereocenters. The van der Waals surface area contributed by atoms with E-state index in [-0.39, 0.29) is 5.41 Å². The Labute approximate surface area is 226 Å². The van der Waals surface area contributed by atoms with Crippen LogP contribution < -0.4 is 10.6 Å². The van der Waals surface area contributed by atoms with Crippen LogP contribution in [0, 0.1) is 5.41 Å². The third kappa shape index (κ3) is 5.89. The van der Waals surface area contributed by atoms with Crippen LogP contribution in [0.3, 0.4) is 0 Å². The van der Waals surface area contributed by atoms with Crippen LogP contribution in [0.1, 0.15) is 63.6 Å². The number of ether oxygens (including phenoxy) is 1. The summed E-state index contributed by atoms with van der Waals surface area (Å²) >= 11 is 0. The van der Waals surface area contributed by atoms with E-state index < -0.39 is 24.5 Å². The molecule has 0 radical (unpaired) electrons. The molecule has 13 nitrogen and oxygen atoms in total. The van der Waals surface area contributed by atoms with Crippen molar-refractivity contribution in [2.24, 2.45) is 12.5 Å². The number of nitrogens with zero attached hydrogens (tertiary/aromatic N) is 7. The summed E-state index contributed by atoms with van der Waals surface area (Å²) in [6, 6.07) is 1.73. The number of aliphatic hydroxyl groups is 2. The highest BCUT2D eigenvalue weighted by Gasteiger charge is 2.47. The maximum Gasteiger partial charge on any atom is 0.226 e. The lowest BCUT2D eigenvalue weighted by atomic mass is 9.92. The fourth-order valence-electron chi connectivity index (χ4n) is 4.51. The van der Waals surface area contributed by atoms with Gasteiger partial charge in [0.05, 0.1) is 24.0 Å². The fraction of sp³-hybridized carbons (Fsp3) is 0.577. The molecular weight excluding hydrogens is 502 g/mol. The Morgan fingerprint density at radius 2 is 1.85 bits per heavy atom. The second-order valence-corrected chi connectivity index (χ2v) is 11.2. The largest absolute Gasteiger partial charge is 0.387 e. The van der Waals surface area contributed by atoms with E-state index in [0.29, 0.717) is 54.6 Å². The molecule has 4 N–H and O–H groups in total. The monoisotopic (exact) mass is 539 g/mol. The second-order valence-electron chi connectivity index (χ2n) is 11.2. The standard InChI is InChI=1S/C26H37N9O4/c1-6-15-11-17(39-33-15)21-19(36)20(37)24(38-21)35-14-30-18-22(27-10-8-26(2,3)4)31-25(32-23(18)35)28-9-7-16-12-34(5)13-29-16/h11-14,19-21,24,36-37H,6-10H2,1-5H3,(H2,27,28,31,32)/t19-,20+,21+,24+/m0/s1. The van der Waals surface area contributed by atoms with Gasteiger partial charge in [-0.25, -0.2) is 9.97 Å². The third-order valence-electron chi connectivity index (χ3n) is 6.74. The summed E-state index contributed by atoms with van der Waals surface area (Å²) in [4.78, 5) is 18.3. The smallest absolute Gasteiger partial charge is 0.226 e. The third-order valence-corrected chi connectivity index (χ3v) is 6.74. The zero-order valence-corrected chi connectivity index (χ0v) is 23.0. The van der Waals surface area contributed by atoms with Gasteiger partial charge in [0, 0.05) is 38.8 Å². The minimum atomic E-state index is -1.24. The highest BCUT2D eigenvalue weighted by atomic mass is 16.6. The van der Waals surface area contributed by atoms with Crippen LogP contribution in [0.2, 0.25) is 0 Å². The Balaban J connectivity index is 1.42. The first-order valence-electron chi connectivity index (χ1n) is 13.3. The molecule has 0 aliphatic carbocycles. The Hall–Kier alpha value is -3.55. The van der Waals surface area contributed by atoms with Gasteiger partial charge in [0.2, 0.25) is 5.95 Å². The zero-order valence-electron chi connectivity index (χ0n) is 23.0. The lowest BCUT2D eigenvalue weighted by molar-refractivity contribution is -0.0434. The SMILES string of the molecule is CCc1cc([C@H]2O[C@@H](n3cnc4c(NCCC(C)(C)C)nc(NCCc5cn(C)cn5)nc43)[C@H](O)[C@@H]2O)on1. The van der Waals surface area contributed by atoms with E-state index in [4.69, 9.17) is 19.2 Å². The quantitative estimate of drug-likeness (QED) is 0.234. The van der Waals surface area contributed by atoms with Crippen molar-refractivity contribution >= 4 is 22.9 Å². The summed E-state index contributed by atoms with van der Waals surface area (Å²) in [6.45, 7) is 9.78. The minimum Gasteiger partial charge on any atom is -0.387 e. The van der Waals surface area contributed by atoms with E-state index in [0.717, 1.165) is 17.8 Å². The summed E-state index contributed by atoms with van der Waals surface area (Å²) in [7, 11) is 1.93. The number of aliphatic hydroxyl groups excluding tert-OH is 2. The molecule has 0 spiro atoms. The summed E-state index contributed by atoms with van der Waals surface area (Å²) < 4.78 is 15.0. The number of anilines is 2. The van der Waals surface area contributed by atoms with E-state index in [1.807, 2.05) is 24.7 Å². The van der Waals surface area contributed by atoms with Crippen molar-refractivity contribution in [3.8, 4) is 0 Å². The number of hydrogen-bond donors (Lipinski definition) is 4. The summed E-state index contributed by atoms with van der Waals surface area (Å²) in [6.07, 6.45) is 3.32. The maximum absolute atomic E-state index is 11.0. The molecule has 1 aliphatic rings. The summed E-state index contributed by atoms with van der Waals surface area (Å²) in [5.74, 6) is 1.35. The summed E-state index contributed by atoms with van der Waals surface area (Å²) in [5.41, 5.74) is 2.86. The van der Waals surface area contributed by atoms with Crippen molar-refractivity contribution in [2.75, 3.05) is 23.7 Å². The number of aromatic nitrogens is 7. The van der Waals surface area contributed by atoms with Gasteiger partial charge in [0.25, 0.3) is 0 Å². The number of fused-ring (bicyclic) bond motifs is 1. The van der Waals surface area contributed by atoms with Crippen LogP contribution in [-0.2, 0) is 24.6 Å². The number of rotatable bonds is 10. The lowest BCUT2D eigenvalue weighted by Crippen LogP contribution is -2.29. The van der Waals surface area contributed by atoms with Crippen LogP contribution in [0.4, 0.5) is 11.8 Å². The average Bonchev–Trinajstić information content (AvgIpc) is 3.67. The molecule has 39 heavy (non-hydrogen) atoms. The number of hydrogen-bond acceptors (Lipinski definition) is 11. The van der Waals surface area contributed by atoms with Gasteiger partial charge in [-0.05, 0) is 18.3 Å². The fourth-order valence-corrected chi connectivity index (χ4v) is 4.51. The lowest BCUT2D eigenvalue weighted by Gasteiger charge is -2.19. The van der Waals surface area contributed by atoms with E-state index in [9.17, 15) is 10.2 Å². The second kappa shape index (κ2) is 10.9. The Morgan fingerprint density at radius 3 is 2.54 bits per heavy atom. The average molecular weight is 540 g/mol. The molecule has 1 aliphatic heterocycles. The topological polar surface area (TPSA) is 161 Å². The van der Waals surface area contributed by atoms with Gasteiger partial charge in [0.1, 0.15) is 18.3 Å². The molecule has 210 valence electrons. The Morgan fingerprint density at radius 1 is 1.03 bits per heavy atom. The van der Waals surface area contributed by atoms with Crippen molar-refractivity contribution in [2.45, 2.75) is 71.5 Å². The van der Waals surface area contributed by atoms with Crippen LogP contribution in [-0.4, -0.2) is 69.7 Å². The molecule has 0 saturated carbocycles. The zero-order chi connectivity index (χ0) is 27.7. The molecule has 0 aromatic carbocycles. The summed E-state index contributed by atoms with van der Waals surface area (Å²) in [5, 5.41) is 32.4. The molecule has 13 heteroatoms. The van der Waals surface area contributed by atoms with Crippen LogP contribution >= 0.6 is 0 Å². The maximum atomic E-state index is 11.0. The molecule has 1 saturated heterocycles. The van der Waals surface area contributed by atoms with E-state index in [1.165, 1.54) is 0 Å². The van der Waals surface area contributed by atoms with Crippen LogP contribution in [0.5, 0.6) is 0 Å². The van der Waals surface area contributed by atoms with Gasteiger partial charge < -0.3 is 34.7 Å². The van der Waals surface area contributed by atoms with Crippen molar-refractivity contribution in [1.29, 1.82) is 0 Å². The normalized spacial score (nSPS) is 21.6. The Kier molecular flexibility index (Phi) is 7.56. The first kappa shape index (κ1) is 27.0. The molecule has 5 rings (SSSR count). The molecule has 4 aromatic rings. The first-order chi connectivity index (χ1) is 18.6. The number of imidazole rings is 2. The molecule has 0 amide bonds. The molecule has 0 unspecified atom stereocenters. The number of aryl methyl sites for hydroxylation is 2. The van der Waals surface area contributed by atoms with Gasteiger partial charge in [0.15, 0.2) is 29.0 Å². The minimum absolute atomic E-state index is 0.146. The van der Waals surface area contributed by atoms with E-state index >= 15 is 0 Å². The van der Waals surface area contributed by atoms with Crippen molar-refractivity contribution in [1.82, 2.24) is 34.2 Å². The van der Waals surface area contributed by atoms with Crippen LogP contribution in [0.15, 0.2) is 29.4 Å². The highest BCUT2D eigenvalue weighted by Crippen LogP contribution is 2.40.